The van der Waals surface area contributed by atoms with Crippen molar-refractivity contribution in [2.45, 2.75) is 40.2 Å². The number of aliphatic carboxylic acids is 1. The average molecular weight is 269 g/mol. The summed E-state index contributed by atoms with van der Waals surface area (Å²) in [5, 5.41) is 10.7. The van der Waals surface area contributed by atoms with Gasteiger partial charge in [-0.05, 0) is 32.8 Å². The maximum Gasteiger partial charge on any atom is 0.323 e. The predicted octanol–water partition coefficient (Wildman–Crippen LogP) is 2.69. The maximum absolute atomic E-state index is 12.4. The van der Waals surface area contributed by atoms with Crippen LogP contribution in [0.3, 0.4) is 0 Å². The summed E-state index contributed by atoms with van der Waals surface area (Å²) in [5.74, 6) is -1.16. The van der Waals surface area contributed by atoms with E-state index < -0.39 is 5.97 Å². The van der Waals surface area contributed by atoms with Crippen LogP contribution in [0.15, 0.2) is 5.38 Å². The van der Waals surface area contributed by atoms with E-state index in [0.717, 1.165) is 16.9 Å². The molecule has 0 fully saturated rings. The number of nitrogens with zero attached hydrogens (tertiary/aromatic N) is 1. The van der Waals surface area contributed by atoms with Crippen LogP contribution in [0.1, 0.15) is 41.1 Å². The SMILES string of the molecule is CCC(C)N(CC(=O)O)C(=O)c1csc(C)c1C. The molecule has 1 heterocycles. The summed E-state index contributed by atoms with van der Waals surface area (Å²) in [6.45, 7) is 7.42. The van der Waals surface area contributed by atoms with E-state index in [2.05, 4.69) is 0 Å². The van der Waals surface area contributed by atoms with E-state index in [1.54, 1.807) is 0 Å². The number of carbonyl (C=O) groups is 2. The molecule has 1 atom stereocenters. The van der Waals surface area contributed by atoms with Crippen molar-refractivity contribution in [1.29, 1.82) is 0 Å². The third-order valence-corrected chi connectivity index (χ3v) is 4.22. The molecular weight excluding hydrogens is 250 g/mol. The molecule has 4 nitrogen and oxygen atoms in total. The van der Waals surface area contributed by atoms with Crippen molar-refractivity contribution in [2.75, 3.05) is 6.54 Å². The van der Waals surface area contributed by atoms with Gasteiger partial charge in [0.1, 0.15) is 6.54 Å². The molecule has 18 heavy (non-hydrogen) atoms. The van der Waals surface area contributed by atoms with Gasteiger partial charge in [0.2, 0.25) is 0 Å². The Morgan fingerprint density at radius 3 is 2.44 bits per heavy atom. The smallest absolute Gasteiger partial charge is 0.323 e. The molecule has 1 aromatic heterocycles. The van der Waals surface area contributed by atoms with Gasteiger partial charge in [-0.25, -0.2) is 0 Å². The van der Waals surface area contributed by atoms with Crippen molar-refractivity contribution in [3.63, 3.8) is 0 Å². The van der Waals surface area contributed by atoms with Crippen molar-refractivity contribution in [3.05, 3.63) is 21.4 Å². The standard InChI is InChI=1S/C13H19NO3S/c1-5-8(2)14(6-12(15)16)13(17)11-7-18-10(4)9(11)3/h7-8H,5-6H2,1-4H3,(H,15,16). The van der Waals surface area contributed by atoms with Crippen molar-refractivity contribution >= 4 is 23.2 Å². The van der Waals surface area contributed by atoms with Crippen LogP contribution < -0.4 is 0 Å². The van der Waals surface area contributed by atoms with Crippen molar-refractivity contribution in [2.24, 2.45) is 0 Å². The minimum atomic E-state index is -0.978. The molecule has 1 amide bonds. The summed E-state index contributed by atoms with van der Waals surface area (Å²) in [6.07, 6.45) is 0.737. The summed E-state index contributed by atoms with van der Waals surface area (Å²) >= 11 is 1.52. The Labute approximate surface area is 111 Å². The molecule has 0 aliphatic heterocycles. The number of thiophene rings is 1. The van der Waals surface area contributed by atoms with Crippen LogP contribution in [0.2, 0.25) is 0 Å². The zero-order valence-electron chi connectivity index (χ0n) is 11.2. The minimum Gasteiger partial charge on any atom is -0.480 e. The van der Waals surface area contributed by atoms with Crippen molar-refractivity contribution in [1.82, 2.24) is 4.90 Å². The van der Waals surface area contributed by atoms with Gasteiger partial charge in [-0.2, -0.15) is 0 Å². The number of carboxylic acid groups (broad SMARTS) is 1. The molecule has 1 N–H and O–H groups in total. The first-order valence-electron chi connectivity index (χ1n) is 5.95. The first-order chi connectivity index (χ1) is 8.38. The molecule has 0 saturated heterocycles. The van der Waals surface area contributed by atoms with Gasteiger partial charge in [0.25, 0.3) is 5.91 Å². The summed E-state index contributed by atoms with van der Waals surface area (Å²) in [6, 6.07) is -0.0757. The van der Waals surface area contributed by atoms with E-state index in [9.17, 15) is 9.59 Å². The molecule has 5 heteroatoms. The Balaban J connectivity index is 3.02. The lowest BCUT2D eigenvalue weighted by atomic mass is 10.1. The van der Waals surface area contributed by atoms with Gasteiger partial charge in [0.05, 0.1) is 5.56 Å². The number of carbonyl (C=O) groups excluding carboxylic acids is 1. The zero-order chi connectivity index (χ0) is 13.9. The molecule has 1 unspecified atom stereocenters. The predicted molar refractivity (Wildman–Crippen MR) is 72.2 cm³/mol. The van der Waals surface area contributed by atoms with Gasteiger partial charge in [-0.3, -0.25) is 9.59 Å². The summed E-state index contributed by atoms with van der Waals surface area (Å²) < 4.78 is 0. The molecular formula is C13H19NO3S. The lowest BCUT2D eigenvalue weighted by molar-refractivity contribution is -0.138. The highest BCUT2D eigenvalue weighted by molar-refractivity contribution is 7.10. The summed E-state index contributed by atoms with van der Waals surface area (Å²) in [4.78, 5) is 25.8. The lowest BCUT2D eigenvalue weighted by Gasteiger charge is -2.27. The number of carboxylic acids is 1. The molecule has 1 aromatic rings. The fourth-order valence-electron chi connectivity index (χ4n) is 1.67. The second-order valence-corrected chi connectivity index (χ2v) is 5.50. The fraction of sp³-hybridized carbons (Fsp3) is 0.538. The van der Waals surface area contributed by atoms with E-state index in [1.807, 2.05) is 33.1 Å². The Morgan fingerprint density at radius 1 is 1.44 bits per heavy atom. The first kappa shape index (κ1) is 14.7. The Bertz CT molecular complexity index is 453. The van der Waals surface area contributed by atoms with E-state index >= 15 is 0 Å². The fourth-order valence-corrected chi connectivity index (χ4v) is 2.53. The van der Waals surface area contributed by atoms with Crippen LogP contribution in [0.25, 0.3) is 0 Å². The molecule has 0 radical (unpaired) electrons. The highest BCUT2D eigenvalue weighted by atomic mass is 32.1. The molecule has 1 rings (SSSR count). The average Bonchev–Trinajstić information content (AvgIpc) is 2.65. The van der Waals surface area contributed by atoms with E-state index in [-0.39, 0.29) is 18.5 Å². The lowest BCUT2D eigenvalue weighted by Crippen LogP contribution is -2.41. The highest BCUT2D eigenvalue weighted by Gasteiger charge is 2.25. The molecule has 0 bridgehead atoms. The number of amides is 1. The van der Waals surface area contributed by atoms with Crippen molar-refractivity contribution in [3.8, 4) is 0 Å². The number of rotatable bonds is 5. The van der Waals surface area contributed by atoms with Crippen LogP contribution in [0.5, 0.6) is 0 Å². The molecule has 100 valence electrons. The minimum absolute atomic E-state index is 0.0757. The molecule has 0 aromatic carbocycles. The maximum atomic E-state index is 12.4. The largest absolute Gasteiger partial charge is 0.480 e. The van der Waals surface area contributed by atoms with Gasteiger partial charge >= 0.3 is 5.97 Å². The highest BCUT2D eigenvalue weighted by Crippen LogP contribution is 2.23. The van der Waals surface area contributed by atoms with Gasteiger partial charge in [-0.1, -0.05) is 6.92 Å². The normalized spacial score (nSPS) is 12.2. The Morgan fingerprint density at radius 2 is 2.06 bits per heavy atom. The van der Waals surface area contributed by atoms with Gasteiger partial charge in [0.15, 0.2) is 0 Å². The zero-order valence-corrected chi connectivity index (χ0v) is 12.0. The van der Waals surface area contributed by atoms with Gasteiger partial charge in [0, 0.05) is 16.3 Å². The topological polar surface area (TPSA) is 57.6 Å². The third-order valence-electron chi connectivity index (χ3n) is 3.21. The molecule has 0 aliphatic carbocycles. The van der Waals surface area contributed by atoms with E-state index in [4.69, 9.17) is 5.11 Å². The summed E-state index contributed by atoms with van der Waals surface area (Å²) in [5.41, 5.74) is 1.57. The van der Waals surface area contributed by atoms with Crippen LogP contribution in [0, 0.1) is 13.8 Å². The van der Waals surface area contributed by atoms with Crippen LogP contribution in [-0.4, -0.2) is 34.5 Å². The summed E-state index contributed by atoms with van der Waals surface area (Å²) in [7, 11) is 0. The first-order valence-corrected chi connectivity index (χ1v) is 6.83. The van der Waals surface area contributed by atoms with Gasteiger partial charge in [-0.15, -0.1) is 11.3 Å². The van der Waals surface area contributed by atoms with E-state index in [1.165, 1.54) is 16.2 Å². The number of hydrogen-bond donors (Lipinski definition) is 1. The van der Waals surface area contributed by atoms with Crippen LogP contribution in [0.4, 0.5) is 0 Å². The molecule has 0 spiro atoms. The van der Waals surface area contributed by atoms with Crippen molar-refractivity contribution < 1.29 is 14.7 Å². The monoisotopic (exact) mass is 269 g/mol. The number of hydrogen-bond acceptors (Lipinski definition) is 3. The third kappa shape index (κ3) is 3.10. The second-order valence-electron chi connectivity index (χ2n) is 4.41. The van der Waals surface area contributed by atoms with Crippen LogP contribution in [-0.2, 0) is 4.79 Å². The van der Waals surface area contributed by atoms with Gasteiger partial charge < -0.3 is 10.0 Å². The quantitative estimate of drug-likeness (QED) is 0.894. The second kappa shape index (κ2) is 6.00. The van der Waals surface area contributed by atoms with Crippen LogP contribution >= 0.6 is 11.3 Å². The molecule has 0 aliphatic rings. The Kier molecular flexibility index (Phi) is 4.90. The van der Waals surface area contributed by atoms with E-state index in [0.29, 0.717) is 5.56 Å². The number of aryl methyl sites for hydroxylation is 1. The molecule has 0 saturated carbocycles. The Hall–Kier alpha value is -1.36.